The van der Waals surface area contributed by atoms with Crippen molar-refractivity contribution in [1.29, 1.82) is 5.26 Å². The number of benzene rings is 2. The van der Waals surface area contributed by atoms with Crippen LogP contribution in [-0.4, -0.2) is 5.11 Å². The average molecular weight is 347 g/mol. The minimum absolute atomic E-state index is 0.198. The molecule has 0 unspecified atom stereocenters. The van der Waals surface area contributed by atoms with Crippen molar-refractivity contribution in [3.63, 3.8) is 0 Å². The van der Waals surface area contributed by atoms with Crippen LogP contribution in [0.25, 0.3) is 11.6 Å². The van der Waals surface area contributed by atoms with E-state index in [1.165, 1.54) is 0 Å². The number of allylic oxidation sites excluding steroid dienone is 1. The lowest BCUT2D eigenvalue weighted by molar-refractivity contribution is 0.475. The summed E-state index contributed by atoms with van der Waals surface area (Å²) in [4.78, 5) is 0. The number of phenols is 1. The molecule has 0 saturated heterocycles. The largest absolute Gasteiger partial charge is 0.508 e. The van der Waals surface area contributed by atoms with Crippen molar-refractivity contribution >= 4 is 34.2 Å². The zero-order valence-corrected chi connectivity index (χ0v) is 11.6. The number of rotatable bonds is 2. The summed E-state index contributed by atoms with van der Waals surface area (Å²) in [7, 11) is 0. The number of hydrogen-bond donors (Lipinski definition) is 1. The van der Waals surface area contributed by atoms with Crippen LogP contribution in [0.1, 0.15) is 11.1 Å². The number of aromatic hydroxyl groups is 1. The van der Waals surface area contributed by atoms with E-state index in [0.717, 1.165) is 14.7 Å². The van der Waals surface area contributed by atoms with Crippen molar-refractivity contribution in [1.82, 2.24) is 0 Å². The second-order valence-electron chi connectivity index (χ2n) is 3.77. The van der Waals surface area contributed by atoms with Gasteiger partial charge in [0, 0.05) is 3.57 Å². The molecule has 2 aromatic rings. The third-order valence-corrected chi connectivity index (χ3v) is 3.18. The van der Waals surface area contributed by atoms with E-state index in [-0.39, 0.29) is 5.75 Å². The summed E-state index contributed by atoms with van der Waals surface area (Å²) in [6, 6.07) is 16.8. The average Bonchev–Trinajstić information content (AvgIpc) is 2.37. The maximum Gasteiger partial charge on any atom is 0.116 e. The Balaban J connectivity index is 2.40. The van der Waals surface area contributed by atoms with Gasteiger partial charge in [0.1, 0.15) is 5.75 Å². The van der Waals surface area contributed by atoms with Crippen LogP contribution in [0.15, 0.2) is 48.5 Å². The minimum atomic E-state index is 0.198. The third-order valence-electron chi connectivity index (χ3n) is 2.46. The number of nitrogens with zero attached hydrogens (tertiary/aromatic N) is 1. The molecule has 0 aliphatic carbocycles. The summed E-state index contributed by atoms with van der Waals surface area (Å²) in [5.41, 5.74) is 2.27. The predicted octanol–water partition coefficient (Wildman–Crippen LogP) is 4.06. The van der Waals surface area contributed by atoms with Gasteiger partial charge >= 0.3 is 0 Å². The number of nitriles is 1. The molecule has 0 aromatic heterocycles. The second-order valence-corrected chi connectivity index (χ2v) is 5.02. The maximum absolute atomic E-state index is 9.39. The first-order valence-corrected chi connectivity index (χ1v) is 6.44. The Morgan fingerprint density at radius 3 is 2.50 bits per heavy atom. The molecule has 0 fully saturated rings. The molecule has 0 aliphatic rings. The molecule has 0 saturated carbocycles. The van der Waals surface area contributed by atoms with Gasteiger partial charge in [-0.1, -0.05) is 24.3 Å². The molecule has 88 valence electrons. The molecule has 0 radical (unpaired) electrons. The van der Waals surface area contributed by atoms with Crippen molar-refractivity contribution in [2.75, 3.05) is 0 Å². The van der Waals surface area contributed by atoms with Crippen LogP contribution < -0.4 is 0 Å². The minimum Gasteiger partial charge on any atom is -0.508 e. The monoisotopic (exact) mass is 347 g/mol. The van der Waals surface area contributed by atoms with Gasteiger partial charge in [0.05, 0.1) is 11.6 Å². The highest BCUT2D eigenvalue weighted by atomic mass is 127. The highest BCUT2D eigenvalue weighted by molar-refractivity contribution is 14.1. The SMILES string of the molecule is N#C/C(=C/c1cccc(O)c1)c1ccc(I)cc1. The van der Waals surface area contributed by atoms with E-state index >= 15 is 0 Å². The van der Waals surface area contributed by atoms with Crippen LogP contribution in [0, 0.1) is 14.9 Å². The van der Waals surface area contributed by atoms with Crippen molar-refractivity contribution in [3.8, 4) is 11.8 Å². The molecule has 2 nitrogen and oxygen atoms in total. The van der Waals surface area contributed by atoms with E-state index in [1.807, 2.05) is 30.3 Å². The van der Waals surface area contributed by atoms with Crippen LogP contribution in [-0.2, 0) is 0 Å². The van der Waals surface area contributed by atoms with Gasteiger partial charge in [0.25, 0.3) is 0 Å². The van der Waals surface area contributed by atoms with Gasteiger partial charge in [-0.3, -0.25) is 0 Å². The Morgan fingerprint density at radius 2 is 1.89 bits per heavy atom. The highest BCUT2D eigenvalue weighted by Crippen LogP contribution is 2.20. The zero-order valence-electron chi connectivity index (χ0n) is 9.47. The van der Waals surface area contributed by atoms with Gasteiger partial charge in [-0.2, -0.15) is 5.26 Å². The molecule has 2 rings (SSSR count). The standard InChI is InChI=1S/C15H10INO/c16-14-6-4-12(5-7-14)13(10-17)8-11-2-1-3-15(18)9-11/h1-9,18H/b13-8-. The molecular weight excluding hydrogens is 337 g/mol. The summed E-state index contributed by atoms with van der Waals surface area (Å²) in [6.07, 6.45) is 1.77. The van der Waals surface area contributed by atoms with E-state index in [2.05, 4.69) is 28.7 Å². The summed E-state index contributed by atoms with van der Waals surface area (Å²) in [5, 5.41) is 18.6. The Labute approximate surface area is 119 Å². The lowest BCUT2D eigenvalue weighted by Gasteiger charge is -2.00. The smallest absolute Gasteiger partial charge is 0.116 e. The molecule has 0 spiro atoms. The normalized spacial score (nSPS) is 11.0. The van der Waals surface area contributed by atoms with Crippen molar-refractivity contribution in [2.24, 2.45) is 0 Å². The van der Waals surface area contributed by atoms with E-state index in [9.17, 15) is 10.4 Å². The topological polar surface area (TPSA) is 44.0 Å². The molecule has 0 heterocycles. The van der Waals surface area contributed by atoms with Gasteiger partial charge in [-0.05, 0) is 64.1 Å². The Hall–Kier alpha value is -1.80. The highest BCUT2D eigenvalue weighted by Gasteiger charge is 2.01. The molecule has 2 aromatic carbocycles. The quantitative estimate of drug-likeness (QED) is 0.506. The van der Waals surface area contributed by atoms with Gasteiger partial charge in [-0.15, -0.1) is 0 Å². The fourth-order valence-electron chi connectivity index (χ4n) is 1.59. The fraction of sp³-hybridized carbons (Fsp3) is 0. The van der Waals surface area contributed by atoms with Crippen molar-refractivity contribution in [2.45, 2.75) is 0 Å². The number of phenolic OH excluding ortho intramolecular Hbond substituents is 1. The summed E-state index contributed by atoms with van der Waals surface area (Å²) in [6.45, 7) is 0. The third kappa shape index (κ3) is 3.11. The van der Waals surface area contributed by atoms with Crippen molar-refractivity contribution in [3.05, 3.63) is 63.2 Å². The van der Waals surface area contributed by atoms with Crippen LogP contribution >= 0.6 is 22.6 Å². The fourth-order valence-corrected chi connectivity index (χ4v) is 1.95. The van der Waals surface area contributed by atoms with Crippen LogP contribution in [0.2, 0.25) is 0 Å². The van der Waals surface area contributed by atoms with Gasteiger partial charge in [0.15, 0.2) is 0 Å². The molecule has 18 heavy (non-hydrogen) atoms. The summed E-state index contributed by atoms with van der Waals surface area (Å²) >= 11 is 2.22. The lowest BCUT2D eigenvalue weighted by Crippen LogP contribution is -1.82. The first kappa shape index (κ1) is 12.7. The van der Waals surface area contributed by atoms with E-state index in [1.54, 1.807) is 24.3 Å². The summed E-state index contributed by atoms with van der Waals surface area (Å²) in [5.74, 6) is 0.198. The van der Waals surface area contributed by atoms with E-state index < -0.39 is 0 Å². The first-order valence-electron chi connectivity index (χ1n) is 5.36. The molecular formula is C15H10INO. The van der Waals surface area contributed by atoms with E-state index in [0.29, 0.717) is 5.57 Å². The molecule has 0 atom stereocenters. The molecule has 0 aliphatic heterocycles. The lowest BCUT2D eigenvalue weighted by atomic mass is 10.0. The number of halogens is 1. The Bertz CT molecular complexity index is 624. The zero-order chi connectivity index (χ0) is 13.0. The van der Waals surface area contributed by atoms with Crippen LogP contribution in [0.5, 0.6) is 5.75 Å². The molecule has 3 heteroatoms. The van der Waals surface area contributed by atoms with E-state index in [4.69, 9.17) is 0 Å². The summed E-state index contributed by atoms with van der Waals surface area (Å²) < 4.78 is 1.13. The Kier molecular flexibility index (Phi) is 4.00. The maximum atomic E-state index is 9.39. The predicted molar refractivity (Wildman–Crippen MR) is 80.7 cm³/mol. The first-order chi connectivity index (χ1) is 8.69. The van der Waals surface area contributed by atoms with Gasteiger partial charge in [-0.25, -0.2) is 0 Å². The number of hydrogen-bond acceptors (Lipinski definition) is 2. The van der Waals surface area contributed by atoms with Crippen molar-refractivity contribution < 1.29 is 5.11 Å². The molecule has 0 amide bonds. The Morgan fingerprint density at radius 1 is 1.17 bits per heavy atom. The van der Waals surface area contributed by atoms with Crippen LogP contribution in [0.3, 0.4) is 0 Å². The molecule has 0 bridgehead atoms. The molecule has 1 N–H and O–H groups in total. The van der Waals surface area contributed by atoms with Gasteiger partial charge in [0.2, 0.25) is 0 Å². The van der Waals surface area contributed by atoms with Crippen LogP contribution in [0.4, 0.5) is 0 Å². The second kappa shape index (κ2) is 5.69. The van der Waals surface area contributed by atoms with Gasteiger partial charge < -0.3 is 5.11 Å².